The van der Waals surface area contributed by atoms with E-state index >= 15 is 0 Å². The maximum absolute atomic E-state index is 11.9. The lowest BCUT2D eigenvalue weighted by Crippen LogP contribution is -2.30. The van der Waals surface area contributed by atoms with Crippen molar-refractivity contribution in [1.29, 1.82) is 0 Å². The molecular weight excluding hydrogens is 252 g/mol. The molecule has 1 aromatic rings. The van der Waals surface area contributed by atoms with Gasteiger partial charge in [-0.25, -0.2) is 12.7 Å². The maximum Gasteiger partial charge on any atom is 0.216 e. The molecule has 0 aromatic heterocycles. The van der Waals surface area contributed by atoms with Crippen LogP contribution in [0, 0.1) is 0 Å². The van der Waals surface area contributed by atoms with Crippen molar-refractivity contribution in [2.24, 2.45) is 5.73 Å². The highest BCUT2D eigenvalue weighted by Gasteiger charge is 2.17. The molecule has 0 spiro atoms. The molecule has 2 N–H and O–H groups in total. The fourth-order valence-corrected chi connectivity index (χ4v) is 2.59. The standard InChI is InChI=1S/C12H20N2O3S/c1-14(18(15,16)7-6-17-2)10-12-5-3-4-11(8-12)9-13/h3-5,8H,6-7,9-10,13H2,1-2H3. The lowest BCUT2D eigenvalue weighted by molar-refractivity contribution is 0.215. The van der Waals surface area contributed by atoms with Gasteiger partial charge in [-0.2, -0.15) is 0 Å². The monoisotopic (exact) mass is 272 g/mol. The second-order valence-electron chi connectivity index (χ2n) is 4.09. The van der Waals surface area contributed by atoms with Crippen molar-refractivity contribution in [3.05, 3.63) is 35.4 Å². The van der Waals surface area contributed by atoms with Crippen molar-refractivity contribution in [2.75, 3.05) is 26.5 Å². The Labute approximate surface area is 109 Å². The largest absolute Gasteiger partial charge is 0.384 e. The summed E-state index contributed by atoms with van der Waals surface area (Å²) in [5.41, 5.74) is 7.48. The number of sulfonamides is 1. The van der Waals surface area contributed by atoms with Crippen LogP contribution in [0.2, 0.25) is 0 Å². The number of nitrogens with two attached hydrogens (primary N) is 1. The second-order valence-corrected chi connectivity index (χ2v) is 6.28. The highest BCUT2D eigenvalue weighted by molar-refractivity contribution is 7.89. The third-order valence-electron chi connectivity index (χ3n) is 2.65. The topological polar surface area (TPSA) is 72.6 Å². The lowest BCUT2D eigenvalue weighted by atomic mass is 10.1. The predicted molar refractivity (Wildman–Crippen MR) is 71.5 cm³/mol. The Morgan fingerprint density at radius 2 is 2.00 bits per heavy atom. The highest BCUT2D eigenvalue weighted by atomic mass is 32.2. The summed E-state index contributed by atoms with van der Waals surface area (Å²) in [6.07, 6.45) is 0. The summed E-state index contributed by atoms with van der Waals surface area (Å²) >= 11 is 0. The van der Waals surface area contributed by atoms with Gasteiger partial charge in [0.25, 0.3) is 0 Å². The molecule has 0 unspecified atom stereocenters. The molecule has 102 valence electrons. The van der Waals surface area contributed by atoms with Crippen LogP contribution in [0.1, 0.15) is 11.1 Å². The summed E-state index contributed by atoms with van der Waals surface area (Å²) in [4.78, 5) is 0. The van der Waals surface area contributed by atoms with Crippen LogP contribution in [0.5, 0.6) is 0 Å². The number of methoxy groups -OCH3 is 1. The molecular formula is C12H20N2O3S. The van der Waals surface area contributed by atoms with Crippen LogP contribution >= 0.6 is 0 Å². The SMILES string of the molecule is COCCS(=O)(=O)N(C)Cc1cccc(CN)c1. The quantitative estimate of drug-likeness (QED) is 0.787. The first-order valence-corrected chi connectivity index (χ1v) is 7.31. The van der Waals surface area contributed by atoms with Gasteiger partial charge < -0.3 is 10.5 Å². The zero-order valence-electron chi connectivity index (χ0n) is 10.8. The fourth-order valence-electron chi connectivity index (χ4n) is 1.55. The molecule has 0 heterocycles. The van der Waals surface area contributed by atoms with Crippen molar-refractivity contribution in [1.82, 2.24) is 4.31 Å². The second kappa shape index (κ2) is 6.84. The van der Waals surface area contributed by atoms with E-state index in [0.717, 1.165) is 11.1 Å². The van der Waals surface area contributed by atoms with Gasteiger partial charge in [-0.3, -0.25) is 0 Å². The number of ether oxygens (including phenoxy) is 1. The van der Waals surface area contributed by atoms with Gasteiger partial charge in [0.2, 0.25) is 10.0 Å². The fraction of sp³-hybridized carbons (Fsp3) is 0.500. The summed E-state index contributed by atoms with van der Waals surface area (Å²) in [5.74, 6) is -0.00339. The Balaban J connectivity index is 2.71. The van der Waals surface area contributed by atoms with E-state index in [2.05, 4.69) is 0 Å². The van der Waals surface area contributed by atoms with Gasteiger partial charge >= 0.3 is 0 Å². The van der Waals surface area contributed by atoms with Crippen LogP contribution in [0.4, 0.5) is 0 Å². The molecule has 0 atom stereocenters. The molecule has 0 aliphatic carbocycles. The minimum atomic E-state index is -3.26. The van der Waals surface area contributed by atoms with Gasteiger partial charge in [0.1, 0.15) is 0 Å². The van der Waals surface area contributed by atoms with Crippen LogP contribution in [0.3, 0.4) is 0 Å². The minimum Gasteiger partial charge on any atom is -0.384 e. The van der Waals surface area contributed by atoms with E-state index in [1.807, 2.05) is 24.3 Å². The average molecular weight is 272 g/mol. The van der Waals surface area contributed by atoms with Crippen LogP contribution < -0.4 is 5.73 Å². The zero-order chi connectivity index (χ0) is 13.6. The van der Waals surface area contributed by atoms with Gasteiger partial charge in [0.05, 0.1) is 12.4 Å². The molecule has 0 aliphatic heterocycles. The van der Waals surface area contributed by atoms with E-state index < -0.39 is 10.0 Å². The van der Waals surface area contributed by atoms with Gasteiger partial charge in [-0.1, -0.05) is 24.3 Å². The molecule has 0 fully saturated rings. The normalized spacial score (nSPS) is 12.0. The maximum atomic E-state index is 11.9. The predicted octanol–water partition coefficient (Wildman–Crippen LogP) is 0.553. The van der Waals surface area contributed by atoms with E-state index in [4.69, 9.17) is 10.5 Å². The first-order valence-electron chi connectivity index (χ1n) is 5.70. The molecule has 0 saturated heterocycles. The van der Waals surface area contributed by atoms with E-state index in [1.54, 1.807) is 7.05 Å². The molecule has 1 rings (SSSR count). The Morgan fingerprint density at radius 1 is 1.33 bits per heavy atom. The first kappa shape index (κ1) is 15.1. The van der Waals surface area contributed by atoms with Gasteiger partial charge in [-0.05, 0) is 11.1 Å². The molecule has 1 aromatic carbocycles. The number of nitrogens with zero attached hydrogens (tertiary/aromatic N) is 1. The van der Waals surface area contributed by atoms with Crippen molar-refractivity contribution in [3.8, 4) is 0 Å². The lowest BCUT2D eigenvalue weighted by Gasteiger charge is -2.17. The Kier molecular flexibility index (Phi) is 5.74. The third kappa shape index (κ3) is 4.38. The number of rotatable bonds is 7. The van der Waals surface area contributed by atoms with Gasteiger partial charge in [0, 0.05) is 27.2 Å². The summed E-state index contributed by atoms with van der Waals surface area (Å²) in [6.45, 7) is 1.00. The summed E-state index contributed by atoms with van der Waals surface area (Å²) in [6, 6.07) is 7.61. The Bertz CT molecular complexity index is 474. The van der Waals surface area contributed by atoms with E-state index in [9.17, 15) is 8.42 Å². The van der Waals surface area contributed by atoms with Gasteiger partial charge in [-0.15, -0.1) is 0 Å². The smallest absolute Gasteiger partial charge is 0.216 e. The summed E-state index contributed by atoms with van der Waals surface area (Å²) < 4.78 is 29.9. The number of benzene rings is 1. The zero-order valence-corrected chi connectivity index (χ0v) is 11.6. The Morgan fingerprint density at radius 3 is 2.61 bits per heavy atom. The van der Waals surface area contributed by atoms with Crippen LogP contribution in [-0.4, -0.2) is 39.2 Å². The minimum absolute atomic E-state index is 0.00339. The molecule has 0 amide bonds. The van der Waals surface area contributed by atoms with E-state index in [1.165, 1.54) is 11.4 Å². The van der Waals surface area contributed by atoms with Crippen molar-refractivity contribution >= 4 is 10.0 Å². The summed E-state index contributed by atoms with van der Waals surface area (Å²) in [5, 5.41) is 0. The molecule has 0 saturated carbocycles. The molecule has 0 aliphatic rings. The van der Waals surface area contributed by atoms with Gasteiger partial charge in [0.15, 0.2) is 0 Å². The summed E-state index contributed by atoms with van der Waals surface area (Å²) in [7, 11) is -0.207. The van der Waals surface area contributed by atoms with E-state index in [-0.39, 0.29) is 12.4 Å². The van der Waals surface area contributed by atoms with E-state index in [0.29, 0.717) is 13.1 Å². The molecule has 6 heteroatoms. The van der Waals surface area contributed by atoms with Crippen LogP contribution in [0.25, 0.3) is 0 Å². The molecule has 18 heavy (non-hydrogen) atoms. The Hall–Kier alpha value is -0.950. The molecule has 0 bridgehead atoms. The molecule has 5 nitrogen and oxygen atoms in total. The molecule has 0 radical (unpaired) electrons. The number of hydrogen-bond acceptors (Lipinski definition) is 4. The highest BCUT2D eigenvalue weighted by Crippen LogP contribution is 2.10. The number of hydrogen-bond donors (Lipinski definition) is 1. The van der Waals surface area contributed by atoms with Crippen LogP contribution in [0.15, 0.2) is 24.3 Å². The third-order valence-corrected chi connectivity index (χ3v) is 4.41. The first-order chi connectivity index (χ1) is 8.49. The van der Waals surface area contributed by atoms with Crippen molar-refractivity contribution in [3.63, 3.8) is 0 Å². The van der Waals surface area contributed by atoms with Crippen molar-refractivity contribution < 1.29 is 13.2 Å². The van der Waals surface area contributed by atoms with Crippen molar-refractivity contribution in [2.45, 2.75) is 13.1 Å². The van der Waals surface area contributed by atoms with Crippen LogP contribution in [-0.2, 0) is 27.8 Å². The average Bonchev–Trinajstić information content (AvgIpc) is 2.36.